The van der Waals surface area contributed by atoms with Crippen LogP contribution < -0.4 is 0 Å². The van der Waals surface area contributed by atoms with Crippen LogP contribution in [0.4, 0.5) is 0 Å². The predicted octanol–water partition coefficient (Wildman–Crippen LogP) is 3.12. The fourth-order valence-electron chi connectivity index (χ4n) is 1.29. The molecule has 1 rings (SSSR count). The molecule has 1 heterocycles. The van der Waals surface area contributed by atoms with E-state index in [0.29, 0.717) is 6.42 Å². The summed E-state index contributed by atoms with van der Waals surface area (Å²) in [6.45, 7) is -3.46. The summed E-state index contributed by atoms with van der Waals surface area (Å²) in [6.07, 6.45) is -1.11. The second-order valence-electron chi connectivity index (χ2n) is 2.81. The normalized spacial score (nSPS) is 50.6. The molecule has 0 saturated carbocycles. The second-order valence-corrected chi connectivity index (χ2v) is 5.88. The van der Waals surface area contributed by atoms with Crippen molar-refractivity contribution in [2.45, 2.75) is 44.8 Å². The van der Waals surface area contributed by atoms with Gasteiger partial charge in [0.05, 0.1) is 0 Å². The molecular weight excluding hydrogens is 124 g/mol. The van der Waals surface area contributed by atoms with Crippen molar-refractivity contribution in [3.8, 4) is 0 Å². The average molecular weight is 150 g/mol. The molecule has 1 atom stereocenters. The van der Waals surface area contributed by atoms with E-state index in [2.05, 4.69) is 0 Å². The van der Waals surface area contributed by atoms with E-state index in [1.54, 1.807) is 0 Å². The third kappa shape index (κ3) is 1.82. The van der Waals surface area contributed by atoms with E-state index < -0.39 is 33.3 Å². The molecule has 9 heavy (non-hydrogen) atoms. The van der Waals surface area contributed by atoms with Gasteiger partial charge in [0.1, 0.15) is 0 Å². The van der Waals surface area contributed by atoms with Crippen molar-refractivity contribution >= 4 is 8.07 Å². The first kappa shape index (κ1) is 2.10. The van der Waals surface area contributed by atoms with Crippen molar-refractivity contribution in [2.24, 2.45) is 5.92 Å². The highest BCUT2D eigenvalue weighted by Crippen LogP contribution is 2.36. The lowest BCUT2D eigenvalue weighted by molar-refractivity contribution is 0.569. The molecule has 0 aliphatic carbocycles. The van der Waals surface area contributed by atoms with E-state index in [1.165, 1.54) is 6.92 Å². The summed E-state index contributed by atoms with van der Waals surface area (Å²) in [5, 5.41) is 0. The Kier molecular flexibility index (Phi) is 0.571. The highest BCUT2D eigenvalue weighted by molar-refractivity contribution is 6.78. The quantitative estimate of drug-likeness (QED) is 0.504. The van der Waals surface area contributed by atoms with Gasteiger partial charge >= 0.3 is 0 Å². The van der Waals surface area contributed by atoms with Gasteiger partial charge in [0.25, 0.3) is 0 Å². The average Bonchev–Trinajstić information content (AvgIpc) is 2.43. The van der Waals surface area contributed by atoms with Crippen LogP contribution in [0.1, 0.15) is 30.7 Å². The maximum absolute atomic E-state index is 7.64. The SMILES string of the molecule is [2H]C([2H])(C)C1CC[Si](C([2H])([2H])[2H])(C([2H])([2H])[2H])C1. The smallest absolute Gasteiger partial charge is 0.0476 e. The van der Waals surface area contributed by atoms with E-state index in [1.807, 2.05) is 0 Å². The van der Waals surface area contributed by atoms with Crippen molar-refractivity contribution in [2.75, 3.05) is 0 Å². The van der Waals surface area contributed by atoms with Gasteiger partial charge in [-0.05, 0) is 5.92 Å². The Labute approximate surface area is 70.9 Å². The standard InChI is InChI=1S/C8H18Si/c1-4-8-5-6-9(2,3)7-8/h8H,4-7H2,1-3H3/i2D3,3D3,4D2. The topological polar surface area (TPSA) is 0 Å². The lowest BCUT2D eigenvalue weighted by Crippen LogP contribution is -2.19. The zero-order valence-corrected chi connectivity index (χ0v) is 6.70. The summed E-state index contributed by atoms with van der Waals surface area (Å²) >= 11 is 0. The van der Waals surface area contributed by atoms with E-state index in [9.17, 15) is 0 Å². The molecule has 0 aromatic heterocycles. The van der Waals surface area contributed by atoms with Gasteiger partial charge in [0.2, 0.25) is 0 Å². The summed E-state index contributed by atoms with van der Waals surface area (Å²) in [5.74, 6) is -0.435. The summed E-state index contributed by atoms with van der Waals surface area (Å²) in [4.78, 5) is 0. The summed E-state index contributed by atoms with van der Waals surface area (Å²) in [7, 11) is -3.45. The molecule has 54 valence electrons. The molecule has 1 heteroatoms. The minimum atomic E-state index is -3.45. The van der Waals surface area contributed by atoms with Crippen molar-refractivity contribution in [1.29, 1.82) is 0 Å². The van der Waals surface area contributed by atoms with Gasteiger partial charge in [-0.3, -0.25) is 0 Å². The van der Waals surface area contributed by atoms with Gasteiger partial charge in [-0.25, -0.2) is 0 Å². The molecule has 1 unspecified atom stereocenters. The number of rotatable bonds is 1. The lowest BCUT2D eigenvalue weighted by atomic mass is 10.1. The van der Waals surface area contributed by atoms with Crippen molar-refractivity contribution in [3.05, 3.63) is 0 Å². The fourth-order valence-corrected chi connectivity index (χ4v) is 3.59. The first-order valence-electron chi connectivity index (χ1n) is 7.31. The van der Waals surface area contributed by atoms with Crippen LogP contribution in [0.15, 0.2) is 0 Å². The Morgan fingerprint density at radius 2 is 2.56 bits per heavy atom. The maximum atomic E-state index is 7.64. The van der Waals surface area contributed by atoms with Crippen LogP contribution in [0, 0.1) is 5.92 Å². The zero-order valence-electron chi connectivity index (χ0n) is 13.7. The third-order valence-electron chi connectivity index (χ3n) is 1.92. The molecule has 0 aromatic rings. The fraction of sp³-hybridized carbons (Fsp3) is 1.00. The van der Waals surface area contributed by atoms with Gasteiger partial charge in [-0.15, -0.1) is 0 Å². The number of hydrogen-bond donors (Lipinski definition) is 0. The molecule has 0 N–H and O–H groups in total. The molecule has 0 bridgehead atoms. The number of hydrogen-bond acceptors (Lipinski definition) is 0. The first-order valence-corrected chi connectivity index (χ1v) is 5.73. The van der Waals surface area contributed by atoms with Crippen molar-refractivity contribution in [3.63, 3.8) is 0 Å². The Morgan fingerprint density at radius 3 is 2.89 bits per heavy atom. The molecule has 1 aliphatic rings. The zero-order chi connectivity index (χ0) is 13.7. The summed E-state index contributed by atoms with van der Waals surface area (Å²) < 4.78 is 60.5. The van der Waals surface area contributed by atoms with Gasteiger partial charge < -0.3 is 0 Å². The first-order chi connectivity index (χ1) is 7.31. The third-order valence-corrected chi connectivity index (χ3v) is 4.25. The molecule has 0 spiro atoms. The van der Waals surface area contributed by atoms with Crippen molar-refractivity contribution in [1.82, 2.24) is 0 Å². The minimum absolute atomic E-state index is 0.0451. The Bertz CT molecular complexity index is 271. The van der Waals surface area contributed by atoms with Gasteiger partial charge in [0, 0.05) is 19.0 Å². The molecule has 0 amide bonds. The molecular formula is C8H18Si. The molecule has 1 aliphatic heterocycles. The van der Waals surface area contributed by atoms with Crippen LogP contribution in [-0.2, 0) is 0 Å². The van der Waals surface area contributed by atoms with Crippen LogP contribution in [0.25, 0.3) is 0 Å². The van der Waals surface area contributed by atoms with Crippen LogP contribution in [-0.4, -0.2) is 8.07 Å². The molecule has 1 fully saturated rings. The van der Waals surface area contributed by atoms with E-state index in [-0.39, 0.29) is 12.1 Å². The Hall–Kier alpha value is 0.217. The van der Waals surface area contributed by atoms with Crippen LogP contribution in [0.3, 0.4) is 0 Å². The van der Waals surface area contributed by atoms with Crippen LogP contribution in [0.5, 0.6) is 0 Å². The monoisotopic (exact) mass is 150 g/mol. The van der Waals surface area contributed by atoms with Gasteiger partial charge in [-0.1, -0.05) is 44.8 Å². The maximum Gasteiger partial charge on any atom is 0.0476 e. The minimum Gasteiger partial charge on any atom is -0.0693 e. The predicted molar refractivity (Wildman–Crippen MR) is 45.5 cm³/mol. The molecule has 0 nitrogen and oxygen atoms in total. The highest BCUT2D eigenvalue weighted by Gasteiger charge is 2.31. The summed E-state index contributed by atoms with van der Waals surface area (Å²) in [6, 6.07) is 0.224. The summed E-state index contributed by atoms with van der Waals surface area (Å²) in [5.41, 5.74) is 0. The molecule has 0 radical (unpaired) electrons. The van der Waals surface area contributed by atoms with Crippen LogP contribution in [0.2, 0.25) is 25.0 Å². The van der Waals surface area contributed by atoms with E-state index >= 15 is 0 Å². The molecule has 1 saturated heterocycles. The lowest BCUT2D eigenvalue weighted by Gasteiger charge is -2.13. The van der Waals surface area contributed by atoms with Crippen LogP contribution >= 0.6 is 0 Å². The van der Waals surface area contributed by atoms with E-state index in [0.717, 1.165) is 0 Å². The Morgan fingerprint density at radius 1 is 1.78 bits per heavy atom. The highest BCUT2D eigenvalue weighted by atomic mass is 28.3. The van der Waals surface area contributed by atoms with Crippen molar-refractivity contribution < 1.29 is 11.0 Å². The molecule has 0 aromatic carbocycles. The Balaban J connectivity index is 3.08. The van der Waals surface area contributed by atoms with Gasteiger partial charge in [0.15, 0.2) is 0 Å². The largest absolute Gasteiger partial charge is 0.0693 e. The van der Waals surface area contributed by atoms with Gasteiger partial charge in [-0.2, -0.15) is 0 Å². The van der Waals surface area contributed by atoms with E-state index in [4.69, 9.17) is 11.0 Å². The second kappa shape index (κ2) is 2.45.